The van der Waals surface area contributed by atoms with Gasteiger partial charge in [-0.25, -0.2) is 0 Å². The molecule has 0 heterocycles. The Morgan fingerprint density at radius 1 is 0.333 bits per heavy atom. The van der Waals surface area contributed by atoms with Gasteiger partial charge in [-0.3, -0.25) is 4.79 Å². The first kappa shape index (κ1) is 72.3. The molecule has 0 bridgehead atoms. The molecule has 0 aliphatic heterocycles. The maximum atomic E-state index is 12.5. The van der Waals surface area contributed by atoms with Crippen LogP contribution in [0.1, 0.15) is 328 Å². The lowest BCUT2D eigenvalue weighted by atomic mass is 10.0. The summed E-state index contributed by atoms with van der Waals surface area (Å²) in [4.78, 5) is 12.5. The fraction of sp³-hybridized carbons (Fsp3) is 0.761. The molecule has 0 fully saturated rings. The minimum atomic E-state index is -0.875. The monoisotopic (exact) mass is 1040 g/mol. The van der Waals surface area contributed by atoms with E-state index >= 15 is 0 Å². The second-order valence-electron chi connectivity index (χ2n) is 22.1. The molecule has 1 amide bonds. The Hall–Kier alpha value is -2.69. The van der Waals surface area contributed by atoms with Crippen molar-refractivity contribution in [1.82, 2.24) is 5.32 Å². The number of hydrogen-bond donors (Lipinski definition) is 3. The minimum Gasteiger partial charge on any atom is -0.394 e. The van der Waals surface area contributed by atoms with Crippen LogP contribution in [0.15, 0.2) is 97.2 Å². The molecule has 3 N–H and O–H groups in total. The first-order chi connectivity index (χ1) is 37.2. The predicted molar refractivity (Wildman–Crippen MR) is 336 cm³/mol. The Morgan fingerprint density at radius 2 is 0.600 bits per heavy atom. The molecule has 75 heavy (non-hydrogen) atoms. The van der Waals surface area contributed by atoms with Crippen molar-refractivity contribution in [3.05, 3.63) is 97.2 Å². The van der Waals surface area contributed by atoms with Gasteiger partial charge in [-0.2, -0.15) is 0 Å². The summed E-state index contributed by atoms with van der Waals surface area (Å²) in [6.45, 7) is 4.21. The van der Waals surface area contributed by atoms with Gasteiger partial charge in [0.2, 0.25) is 5.91 Å². The Balaban J connectivity index is 3.52. The number of carbonyl (C=O) groups excluding carboxylic acids is 1. The first-order valence-corrected chi connectivity index (χ1v) is 33.0. The molecule has 0 aliphatic carbocycles. The lowest BCUT2D eigenvalue weighted by molar-refractivity contribution is -0.123. The molecule has 0 aromatic rings. The van der Waals surface area contributed by atoms with Crippen molar-refractivity contribution in [2.75, 3.05) is 6.61 Å². The summed E-state index contributed by atoms with van der Waals surface area (Å²) >= 11 is 0. The number of amides is 1. The Morgan fingerprint density at radius 3 is 0.933 bits per heavy atom. The summed E-state index contributed by atoms with van der Waals surface area (Å²) < 4.78 is 0. The zero-order valence-corrected chi connectivity index (χ0v) is 50.1. The Kier molecular flexibility index (Phi) is 63.2. The van der Waals surface area contributed by atoms with Crippen molar-refractivity contribution in [3.8, 4) is 0 Å². The zero-order valence-electron chi connectivity index (χ0n) is 50.1. The Labute approximate surface area is 468 Å². The molecule has 2 atom stereocenters. The van der Waals surface area contributed by atoms with Crippen molar-refractivity contribution < 1.29 is 15.0 Å². The SMILES string of the molecule is CC/C=C\C/C=C\C/C=C\C/C=C\C/C=C\CCCCCCCCCCCCCCCCCCCCCC(=O)NC(CO)C(O)/C=C/CC/C=C/CC/C=C/CCCCCCCCCCCCCCCCCCCC. The molecular weight excluding hydrogens is 915 g/mol. The van der Waals surface area contributed by atoms with Crippen molar-refractivity contribution in [3.63, 3.8) is 0 Å². The van der Waals surface area contributed by atoms with Gasteiger partial charge in [0.1, 0.15) is 0 Å². The van der Waals surface area contributed by atoms with E-state index in [1.807, 2.05) is 6.08 Å². The normalized spacial score (nSPS) is 13.4. The Bertz CT molecular complexity index is 1370. The zero-order chi connectivity index (χ0) is 54.1. The van der Waals surface area contributed by atoms with E-state index in [0.717, 1.165) is 70.6 Å². The third-order valence-corrected chi connectivity index (χ3v) is 14.8. The number of carbonyl (C=O) groups is 1. The van der Waals surface area contributed by atoms with Gasteiger partial charge in [-0.1, -0.05) is 329 Å². The van der Waals surface area contributed by atoms with Crippen LogP contribution < -0.4 is 5.32 Å². The van der Waals surface area contributed by atoms with Crippen LogP contribution in [0.25, 0.3) is 0 Å². The maximum Gasteiger partial charge on any atom is 0.220 e. The van der Waals surface area contributed by atoms with E-state index < -0.39 is 12.1 Å². The molecular formula is C71H127NO3. The molecule has 4 nitrogen and oxygen atoms in total. The van der Waals surface area contributed by atoms with Crippen molar-refractivity contribution in [2.45, 2.75) is 341 Å². The topological polar surface area (TPSA) is 69.6 Å². The number of nitrogens with one attached hydrogen (secondary N) is 1. The van der Waals surface area contributed by atoms with Crippen LogP contribution in [-0.2, 0) is 4.79 Å². The highest BCUT2D eigenvalue weighted by Gasteiger charge is 2.18. The van der Waals surface area contributed by atoms with Crippen molar-refractivity contribution >= 4 is 5.91 Å². The van der Waals surface area contributed by atoms with E-state index in [2.05, 4.69) is 104 Å². The largest absolute Gasteiger partial charge is 0.394 e. The fourth-order valence-electron chi connectivity index (χ4n) is 9.83. The molecule has 434 valence electrons. The van der Waals surface area contributed by atoms with E-state index in [1.165, 1.54) is 238 Å². The number of rotatable bonds is 60. The molecule has 0 rings (SSSR count). The molecule has 0 saturated carbocycles. The minimum absolute atomic E-state index is 0.0756. The highest BCUT2D eigenvalue weighted by molar-refractivity contribution is 5.76. The predicted octanol–water partition coefficient (Wildman–Crippen LogP) is 22.4. The molecule has 0 aromatic heterocycles. The van der Waals surface area contributed by atoms with Gasteiger partial charge in [0.25, 0.3) is 0 Å². The third-order valence-electron chi connectivity index (χ3n) is 14.8. The smallest absolute Gasteiger partial charge is 0.220 e. The van der Waals surface area contributed by atoms with Crippen molar-refractivity contribution in [2.24, 2.45) is 0 Å². The van der Waals surface area contributed by atoms with E-state index in [9.17, 15) is 15.0 Å². The fourth-order valence-corrected chi connectivity index (χ4v) is 9.83. The molecule has 0 aromatic carbocycles. The van der Waals surface area contributed by atoms with Crippen LogP contribution >= 0.6 is 0 Å². The summed E-state index contributed by atoms with van der Waals surface area (Å²) in [6.07, 6.45) is 97.6. The average molecular weight is 1040 g/mol. The second-order valence-corrected chi connectivity index (χ2v) is 22.1. The summed E-state index contributed by atoms with van der Waals surface area (Å²) in [5, 5.41) is 23.2. The van der Waals surface area contributed by atoms with E-state index in [1.54, 1.807) is 6.08 Å². The van der Waals surface area contributed by atoms with Crippen LogP contribution in [0.5, 0.6) is 0 Å². The van der Waals surface area contributed by atoms with E-state index in [0.29, 0.717) is 6.42 Å². The van der Waals surface area contributed by atoms with Crippen LogP contribution in [0, 0.1) is 0 Å². The highest BCUT2D eigenvalue weighted by atomic mass is 16.3. The van der Waals surface area contributed by atoms with E-state index in [-0.39, 0.29) is 12.5 Å². The van der Waals surface area contributed by atoms with Gasteiger partial charge in [-0.15, -0.1) is 0 Å². The number of aliphatic hydroxyl groups is 2. The molecule has 0 spiro atoms. The van der Waals surface area contributed by atoms with Crippen LogP contribution in [0.4, 0.5) is 0 Å². The summed E-state index contributed by atoms with van der Waals surface area (Å²) in [6, 6.07) is -0.651. The summed E-state index contributed by atoms with van der Waals surface area (Å²) in [5.74, 6) is -0.0756. The van der Waals surface area contributed by atoms with Gasteiger partial charge in [0.15, 0.2) is 0 Å². The van der Waals surface area contributed by atoms with Gasteiger partial charge >= 0.3 is 0 Å². The standard InChI is InChI=1S/C71H127NO3/c1-3-5-7-9-11-13-15-17-19-21-23-25-27-29-31-33-34-35-36-37-38-39-41-43-45-47-49-51-53-55-57-59-61-63-65-67-71(75)72-69(68-73)70(74)66-64-62-60-58-56-54-52-50-48-46-44-42-40-32-30-28-26-24-22-20-18-16-14-12-10-8-6-4-2/h5,7,11,13,17,19,23,25,29,31,48,50,56,58,64,66,69-70,73-74H,3-4,6,8-10,12,14-16,18,20-22,24,26-28,30,32-47,49,51-55,57,59-63,65,67-68H2,1-2H3,(H,72,75)/b7-5-,13-11-,19-17-,25-23-,31-29-,50-48+,58-56+,66-64+. The summed E-state index contributed by atoms with van der Waals surface area (Å²) in [5.41, 5.74) is 0. The molecule has 4 heteroatoms. The number of hydrogen-bond acceptors (Lipinski definition) is 3. The third kappa shape index (κ3) is 62.0. The lowest BCUT2D eigenvalue weighted by Crippen LogP contribution is -2.45. The first-order valence-electron chi connectivity index (χ1n) is 33.0. The molecule has 0 aliphatic rings. The van der Waals surface area contributed by atoms with Crippen LogP contribution in [0.3, 0.4) is 0 Å². The maximum absolute atomic E-state index is 12.5. The van der Waals surface area contributed by atoms with Crippen LogP contribution in [-0.4, -0.2) is 34.9 Å². The lowest BCUT2D eigenvalue weighted by Gasteiger charge is -2.19. The van der Waals surface area contributed by atoms with Crippen molar-refractivity contribution in [1.29, 1.82) is 0 Å². The molecule has 0 saturated heterocycles. The number of allylic oxidation sites excluding steroid dienone is 15. The van der Waals surface area contributed by atoms with E-state index in [4.69, 9.17) is 0 Å². The second kappa shape index (κ2) is 65.6. The molecule has 2 unspecified atom stereocenters. The van der Waals surface area contributed by atoms with Gasteiger partial charge < -0.3 is 15.5 Å². The number of unbranched alkanes of at least 4 members (excludes halogenated alkanes) is 39. The number of aliphatic hydroxyl groups excluding tert-OH is 2. The molecule has 0 radical (unpaired) electrons. The van der Waals surface area contributed by atoms with Gasteiger partial charge in [0.05, 0.1) is 18.8 Å². The average Bonchev–Trinajstić information content (AvgIpc) is 3.41. The van der Waals surface area contributed by atoms with Gasteiger partial charge in [0, 0.05) is 6.42 Å². The van der Waals surface area contributed by atoms with Crippen LogP contribution in [0.2, 0.25) is 0 Å². The highest BCUT2D eigenvalue weighted by Crippen LogP contribution is 2.17. The quantitative estimate of drug-likeness (QED) is 0.0420. The van der Waals surface area contributed by atoms with Gasteiger partial charge in [-0.05, 0) is 89.9 Å². The summed E-state index contributed by atoms with van der Waals surface area (Å²) in [7, 11) is 0.